The Kier molecular flexibility index (Phi) is 3.09. The van der Waals surface area contributed by atoms with E-state index in [4.69, 9.17) is 9.47 Å². The van der Waals surface area contributed by atoms with Gasteiger partial charge in [-0.05, 0) is 6.08 Å². The minimum Gasteiger partial charge on any atom is -0.393 e. The Bertz CT molecular complexity index is 650. The fourth-order valence-electron chi connectivity index (χ4n) is 2.61. The molecule has 0 saturated carbocycles. The van der Waals surface area contributed by atoms with Crippen molar-refractivity contribution in [2.24, 2.45) is 0 Å². The summed E-state index contributed by atoms with van der Waals surface area (Å²) in [7, 11) is 0. The number of rotatable bonds is 2. The van der Waals surface area contributed by atoms with Crippen molar-refractivity contribution in [2.75, 3.05) is 13.2 Å². The lowest BCUT2D eigenvalue weighted by Crippen LogP contribution is -2.48. The molecule has 0 bridgehead atoms. The first kappa shape index (κ1) is 13.3. The molecular formula is C12H14N2O6. The van der Waals surface area contributed by atoms with Crippen molar-refractivity contribution >= 4 is 0 Å². The molecular weight excluding hydrogens is 268 g/mol. The molecule has 0 aromatic carbocycles. The van der Waals surface area contributed by atoms with E-state index in [2.05, 4.69) is 4.98 Å². The van der Waals surface area contributed by atoms with Gasteiger partial charge in [-0.1, -0.05) is 6.08 Å². The van der Waals surface area contributed by atoms with Gasteiger partial charge in [0, 0.05) is 12.3 Å². The summed E-state index contributed by atoms with van der Waals surface area (Å²) in [6.45, 7) is -0.0973. The summed E-state index contributed by atoms with van der Waals surface area (Å²) in [5, 5.41) is 19.8. The van der Waals surface area contributed by atoms with Crippen LogP contribution in [-0.4, -0.2) is 50.8 Å². The van der Waals surface area contributed by atoms with Crippen LogP contribution in [0.3, 0.4) is 0 Å². The van der Waals surface area contributed by atoms with E-state index in [1.807, 2.05) is 0 Å². The molecule has 2 aliphatic heterocycles. The van der Waals surface area contributed by atoms with Crippen LogP contribution in [0.15, 0.2) is 34.0 Å². The summed E-state index contributed by atoms with van der Waals surface area (Å²) < 4.78 is 12.1. The van der Waals surface area contributed by atoms with Crippen molar-refractivity contribution in [2.45, 2.75) is 24.0 Å². The van der Waals surface area contributed by atoms with E-state index in [0.717, 1.165) is 10.6 Å². The largest absolute Gasteiger partial charge is 0.393 e. The summed E-state index contributed by atoms with van der Waals surface area (Å²) in [5.41, 5.74) is -2.42. The van der Waals surface area contributed by atoms with Crippen LogP contribution in [0.1, 0.15) is 6.23 Å². The first-order valence-corrected chi connectivity index (χ1v) is 6.15. The highest BCUT2D eigenvalue weighted by atomic mass is 16.6. The van der Waals surface area contributed by atoms with Crippen LogP contribution in [0.4, 0.5) is 0 Å². The summed E-state index contributed by atoms with van der Waals surface area (Å²) >= 11 is 0. The van der Waals surface area contributed by atoms with Crippen molar-refractivity contribution in [1.82, 2.24) is 9.55 Å². The molecule has 1 saturated heterocycles. The standard InChI is InChI=1S/C12H14N2O6/c15-6-12-3-1-5-19-9(12)8(17)10(20-12)14-4-2-7(16)13-11(14)18/h1-4,8-10,15,17H,5-6H2,(H,13,16,18)/t8-,9+,10-,12-/m1/s1. The minimum atomic E-state index is -1.18. The number of H-pyrrole nitrogens is 1. The average molecular weight is 282 g/mol. The lowest BCUT2D eigenvalue weighted by atomic mass is 9.93. The Labute approximate surface area is 112 Å². The maximum Gasteiger partial charge on any atom is 0.330 e. The first-order valence-electron chi connectivity index (χ1n) is 6.15. The predicted molar refractivity (Wildman–Crippen MR) is 66.1 cm³/mol. The summed E-state index contributed by atoms with van der Waals surface area (Å²) in [5.74, 6) is 0. The minimum absolute atomic E-state index is 0.292. The molecule has 20 heavy (non-hydrogen) atoms. The monoisotopic (exact) mass is 282 g/mol. The van der Waals surface area contributed by atoms with Gasteiger partial charge in [0.15, 0.2) is 6.23 Å². The average Bonchev–Trinajstić information content (AvgIpc) is 2.74. The number of fused-ring (bicyclic) bond motifs is 1. The van der Waals surface area contributed by atoms with Crippen LogP contribution in [0, 0.1) is 0 Å². The lowest BCUT2D eigenvalue weighted by Gasteiger charge is -2.32. The van der Waals surface area contributed by atoms with Crippen molar-refractivity contribution in [1.29, 1.82) is 0 Å². The summed E-state index contributed by atoms with van der Waals surface area (Å²) in [6, 6.07) is 1.15. The van der Waals surface area contributed by atoms with Crippen molar-refractivity contribution < 1.29 is 19.7 Å². The van der Waals surface area contributed by atoms with Crippen molar-refractivity contribution in [3.63, 3.8) is 0 Å². The molecule has 0 spiro atoms. The Morgan fingerprint density at radius 2 is 2.30 bits per heavy atom. The van der Waals surface area contributed by atoms with Gasteiger partial charge in [-0.3, -0.25) is 14.3 Å². The van der Waals surface area contributed by atoms with E-state index in [1.165, 1.54) is 6.20 Å². The van der Waals surface area contributed by atoms with Gasteiger partial charge < -0.3 is 19.7 Å². The third kappa shape index (κ3) is 1.85. The van der Waals surface area contributed by atoms with Crippen LogP contribution in [0.5, 0.6) is 0 Å². The Morgan fingerprint density at radius 3 is 2.95 bits per heavy atom. The second-order valence-electron chi connectivity index (χ2n) is 4.79. The van der Waals surface area contributed by atoms with E-state index in [9.17, 15) is 19.8 Å². The fourth-order valence-corrected chi connectivity index (χ4v) is 2.61. The van der Waals surface area contributed by atoms with Crippen molar-refractivity contribution in [3.05, 3.63) is 45.3 Å². The van der Waals surface area contributed by atoms with E-state index in [-0.39, 0.29) is 6.61 Å². The molecule has 3 N–H and O–H groups in total. The highest BCUT2D eigenvalue weighted by molar-refractivity contribution is 5.16. The number of aliphatic hydroxyl groups is 2. The molecule has 1 aromatic rings. The SMILES string of the molecule is O=c1ccn([C@@H]2O[C@@]3(CO)C=CCO[C@H]3[C@H]2O)c(=O)[nH]1. The number of hydrogen-bond acceptors (Lipinski definition) is 6. The third-order valence-corrected chi connectivity index (χ3v) is 3.57. The highest BCUT2D eigenvalue weighted by Crippen LogP contribution is 2.40. The van der Waals surface area contributed by atoms with Gasteiger partial charge in [-0.25, -0.2) is 4.79 Å². The maximum atomic E-state index is 11.8. The molecule has 2 aliphatic rings. The summed E-state index contributed by atoms with van der Waals surface area (Å²) in [6.07, 6.45) is 1.58. The van der Waals surface area contributed by atoms with E-state index < -0.39 is 35.3 Å². The maximum absolute atomic E-state index is 11.8. The Balaban J connectivity index is 2.02. The Morgan fingerprint density at radius 1 is 1.50 bits per heavy atom. The zero-order valence-corrected chi connectivity index (χ0v) is 10.4. The van der Waals surface area contributed by atoms with E-state index in [0.29, 0.717) is 6.61 Å². The van der Waals surface area contributed by atoms with Gasteiger partial charge in [0.2, 0.25) is 0 Å². The molecule has 4 atom stereocenters. The van der Waals surface area contributed by atoms with Crippen molar-refractivity contribution in [3.8, 4) is 0 Å². The number of aliphatic hydroxyl groups excluding tert-OH is 2. The quantitative estimate of drug-likeness (QED) is 0.547. The second kappa shape index (κ2) is 4.67. The third-order valence-electron chi connectivity index (χ3n) is 3.57. The number of nitrogens with one attached hydrogen (secondary N) is 1. The zero-order valence-electron chi connectivity index (χ0n) is 10.4. The second-order valence-corrected chi connectivity index (χ2v) is 4.79. The van der Waals surface area contributed by atoms with Gasteiger partial charge in [0.1, 0.15) is 17.8 Å². The molecule has 8 heteroatoms. The molecule has 0 radical (unpaired) electrons. The molecule has 1 aromatic heterocycles. The number of aromatic nitrogens is 2. The highest BCUT2D eigenvalue weighted by Gasteiger charge is 2.55. The molecule has 1 fully saturated rings. The molecule has 3 rings (SSSR count). The zero-order chi connectivity index (χ0) is 14.3. The van der Waals surface area contributed by atoms with Crippen LogP contribution in [0.2, 0.25) is 0 Å². The number of hydrogen-bond donors (Lipinski definition) is 3. The molecule has 108 valence electrons. The first-order chi connectivity index (χ1) is 9.57. The van der Waals surface area contributed by atoms with E-state index >= 15 is 0 Å². The fraction of sp³-hybridized carbons (Fsp3) is 0.500. The van der Waals surface area contributed by atoms with Crippen LogP contribution >= 0.6 is 0 Å². The van der Waals surface area contributed by atoms with Gasteiger partial charge in [-0.15, -0.1) is 0 Å². The van der Waals surface area contributed by atoms with Gasteiger partial charge in [-0.2, -0.15) is 0 Å². The summed E-state index contributed by atoms with van der Waals surface area (Å²) in [4.78, 5) is 24.9. The molecule has 0 unspecified atom stereocenters. The molecule has 0 amide bonds. The molecule has 0 aliphatic carbocycles. The number of nitrogens with zero attached hydrogens (tertiary/aromatic N) is 1. The molecule has 8 nitrogen and oxygen atoms in total. The van der Waals surface area contributed by atoms with Gasteiger partial charge in [0.25, 0.3) is 5.56 Å². The Hall–Kier alpha value is -1.74. The smallest absolute Gasteiger partial charge is 0.330 e. The molecule has 3 heterocycles. The van der Waals surface area contributed by atoms with Crippen LogP contribution in [-0.2, 0) is 9.47 Å². The number of aromatic amines is 1. The van der Waals surface area contributed by atoms with Crippen LogP contribution in [0.25, 0.3) is 0 Å². The predicted octanol–water partition coefficient (Wildman–Crippen LogP) is -1.89. The topological polar surface area (TPSA) is 114 Å². The normalized spacial score (nSPS) is 36.0. The van der Waals surface area contributed by atoms with E-state index in [1.54, 1.807) is 12.2 Å². The van der Waals surface area contributed by atoms with Crippen LogP contribution < -0.4 is 11.2 Å². The van der Waals surface area contributed by atoms with Gasteiger partial charge in [0.05, 0.1) is 13.2 Å². The number of ether oxygens (including phenoxy) is 2. The van der Waals surface area contributed by atoms with Gasteiger partial charge >= 0.3 is 5.69 Å². The lowest BCUT2D eigenvalue weighted by molar-refractivity contribution is -0.115.